The van der Waals surface area contributed by atoms with Crippen molar-refractivity contribution in [1.29, 1.82) is 0 Å². The van der Waals surface area contributed by atoms with Crippen LogP contribution in [0.1, 0.15) is 87.1 Å². The average molecular weight is 702 g/mol. The molecule has 1 saturated carbocycles. The summed E-state index contributed by atoms with van der Waals surface area (Å²) in [6, 6.07) is 16.1. The zero-order chi connectivity index (χ0) is 34.7. The summed E-state index contributed by atoms with van der Waals surface area (Å²) in [5.74, 6) is 2.26. The molecule has 3 aromatic rings. The number of ether oxygens (including phenoxy) is 3. The molecule has 9 heteroatoms. The molecule has 1 aliphatic heterocycles. The summed E-state index contributed by atoms with van der Waals surface area (Å²) in [5.41, 5.74) is 4.76. The molecule has 268 valence electrons. The molecule has 2 heterocycles. The molecule has 2 N–H and O–H groups in total. The third-order valence-corrected chi connectivity index (χ3v) is 12.3. The highest BCUT2D eigenvalue weighted by atomic mass is 35.5. The van der Waals surface area contributed by atoms with E-state index in [2.05, 4.69) is 47.2 Å². The van der Waals surface area contributed by atoms with Crippen molar-refractivity contribution in [3.8, 4) is 11.5 Å². The number of carbonyl (C=O) groups is 1. The summed E-state index contributed by atoms with van der Waals surface area (Å²) in [6.07, 6.45) is 9.89. The fourth-order valence-electron chi connectivity index (χ4n) is 9.28. The number of hydrogen-bond acceptors (Lipinski definition) is 7. The zero-order valence-electron chi connectivity index (χ0n) is 29.6. The first-order valence-electron chi connectivity index (χ1n) is 18.7. The molecule has 3 aliphatic carbocycles. The first kappa shape index (κ1) is 35.1. The van der Waals surface area contributed by atoms with Crippen LogP contribution < -0.4 is 14.8 Å². The Labute approximate surface area is 301 Å². The van der Waals surface area contributed by atoms with Gasteiger partial charge in [0.25, 0.3) is 0 Å². The summed E-state index contributed by atoms with van der Waals surface area (Å²) >= 11 is 6.29. The number of benzene rings is 2. The van der Waals surface area contributed by atoms with Crippen LogP contribution in [0.25, 0.3) is 0 Å². The monoisotopic (exact) mass is 701 g/mol. The standard InChI is InChI=1S/C41H52ClN3O5/c1-28(27-50-37-11-16-43-36-8-3-5-29(2)38(36)37)23-31-24-30-9-10-34(49-22-19-45-17-20-48-21-18-45)26-35(30)40(31)12-14-41(15-13-40,39(46)47)44-33-7-4-6-32(42)25-33/h4,6-7,9-11,16,25-26,28-29,31,44H,3,5,8,12-15,17-24,27H2,1-2H3,(H,46,47)/t28-,29-,31+,40?,41?/m1/s1. The molecule has 0 bridgehead atoms. The Balaban J connectivity index is 1.10. The van der Waals surface area contributed by atoms with E-state index in [9.17, 15) is 9.90 Å². The predicted octanol–water partition coefficient (Wildman–Crippen LogP) is 7.91. The molecule has 50 heavy (non-hydrogen) atoms. The van der Waals surface area contributed by atoms with E-state index in [0.29, 0.717) is 48.8 Å². The fraction of sp³-hybridized carbons (Fsp3) is 0.561. The van der Waals surface area contributed by atoms with Crippen LogP contribution >= 0.6 is 11.6 Å². The number of hydrogen-bond donors (Lipinski definition) is 2. The minimum Gasteiger partial charge on any atom is -0.493 e. The summed E-state index contributed by atoms with van der Waals surface area (Å²) < 4.78 is 18.5. The lowest BCUT2D eigenvalue weighted by molar-refractivity contribution is -0.144. The van der Waals surface area contributed by atoms with Crippen molar-refractivity contribution in [2.45, 2.75) is 88.5 Å². The number of aliphatic carboxylic acids is 1. The lowest BCUT2D eigenvalue weighted by Crippen LogP contribution is -2.53. The van der Waals surface area contributed by atoms with Crippen molar-refractivity contribution in [1.82, 2.24) is 9.88 Å². The van der Waals surface area contributed by atoms with Gasteiger partial charge in [-0.1, -0.05) is 37.6 Å². The Morgan fingerprint density at radius 2 is 1.94 bits per heavy atom. The number of nitrogens with one attached hydrogen (secondary N) is 1. The molecule has 0 amide bonds. The Bertz CT molecular complexity index is 1650. The summed E-state index contributed by atoms with van der Waals surface area (Å²) in [4.78, 5) is 20.0. The number of halogens is 1. The molecule has 7 rings (SSSR count). The maximum absolute atomic E-state index is 13.0. The predicted molar refractivity (Wildman–Crippen MR) is 197 cm³/mol. The molecule has 3 atom stereocenters. The molecule has 8 nitrogen and oxygen atoms in total. The van der Waals surface area contributed by atoms with Crippen LogP contribution in [-0.2, 0) is 27.8 Å². The Kier molecular flexibility index (Phi) is 10.6. The smallest absolute Gasteiger partial charge is 0.329 e. The van der Waals surface area contributed by atoms with Gasteiger partial charge < -0.3 is 24.6 Å². The second-order valence-corrected chi connectivity index (χ2v) is 15.8. The van der Waals surface area contributed by atoms with Crippen LogP contribution in [0.2, 0.25) is 5.02 Å². The normalized spacial score (nSPS) is 26.9. The number of morpholine rings is 1. The zero-order valence-corrected chi connectivity index (χ0v) is 30.4. The molecule has 2 fully saturated rings. The maximum atomic E-state index is 13.0. The van der Waals surface area contributed by atoms with Gasteiger partial charge in [0.2, 0.25) is 0 Å². The van der Waals surface area contributed by atoms with Gasteiger partial charge in [-0.05, 0) is 128 Å². The lowest BCUT2D eigenvalue weighted by Gasteiger charge is -2.47. The summed E-state index contributed by atoms with van der Waals surface area (Å²) in [5, 5.41) is 14.6. The highest BCUT2D eigenvalue weighted by Gasteiger charge is 2.54. The van der Waals surface area contributed by atoms with E-state index in [1.54, 1.807) is 0 Å². The van der Waals surface area contributed by atoms with Gasteiger partial charge in [-0.2, -0.15) is 0 Å². The molecule has 0 radical (unpaired) electrons. The van der Waals surface area contributed by atoms with E-state index < -0.39 is 11.5 Å². The van der Waals surface area contributed by atoms with Crippen molar-refractivity contribution in [2.24, 2.45) is 11.8 Å². The van der Waals surface area contributed by atoms with E-state index in [0.717, 1.165) is 82.1 Å². The molecule has 4 aliphatic rings. The molecule has 1 aromatic heterocycles. The summed E-state index contributed by atoms with van der Waals surface area (Å²) in [6.45, 7) is 10.2. The van der Waals surface area contributed by atoms with Crippen molar-refractivity contribution < 1.29 is 24.1 Å². The second kappa shape index (κ2) is 15.1. The number of anilines is 1. The minimum absolute atomic E-state index is 0.132. The minimum atomic E-state index is -1.05. The number of aromatic nitrogens is 1. The lowest BCUT2D eigenvalue weighted by atomic mass is 9.59. The van der Waals surface area contributed by atoms with Crippen LogP contribution in [-0.4, -0.2) is 72.6 Å². The van der Waals surface area contributed by atoms with E-state index in [1.165, 1.54) is 35.2 Å². The van der Waals surface area contributed by atoms with Crippen LogP contribution in [0.3, 0.4) is 0 Å². The Hall–Kier alpha value is -3.33. The second-order valence-electron chi connectivity index (χ2n) is 15.3. The number of nitrogens with zero attached hydrogens (tertiary/aromatic N) is 2. The molecule has 1 saturated heterocycles. The maximum Gasteiger partial charge on any atom is 0.329 e. The van der Waals surface area contributed by atoms with Crippen LogP contribution in [0.4, 0.5) is 5.69 Å². The van der Waals surface area contributed by atoms with E-state index in [4.69, 9.17) is 25.8 Å². The van der Waals surface area contributed by atoms with Crippen molar-refractivity contribution in [2.75, 3.05) is 51.4 Å². The summed E-state index contributed by atoms with van der Waals surface area (Å²) in [7, 11) is 0. The number of rotatable bonds is 12. The third-order valence-electron chi connectivity index (χ3n) is 12.0. The van der Waals surface area contributed by atoms with Gasteiger partial charge in [-0.3, -0.25) is 9.88 Å². The highest BCUT2D eigenvalue weighted by Crippen LogP contribution is 2.56. The first-order chi connectivity index (χ1) is 24.2. The molecule has 2 aromatic carbocycles. The molecule has 0 unspecified atom stereocenters. The fourth-order valence-corrected chi connectivity index (χ4v) is 9.47. The Morgan fingerprint density at radius 3 is 2.72 bits per heavy atom. The van der Waals surface area contributed by atoms with Gasteiger partial charge >= 0.3 is 5.97 Å². The third kappa shape index (κ3) is 7.35. The number of aryl methyl sites for hydroxylation is 1. The van der Waals surface area contributed by atoms with E-state index >= 15 is 0 Å². The molecule has 1 spiro atoms. The highest BCUT2D eigenvalue weighted by molar-refractivity contribution is 6.30. The van der Waals surface area contributed by atoms with E-state index in [-0.39, 0.29) is 5.41 Å². The van der Waals surface area contributed by atoms with Crippen LogP contribution in [0.15, 0.2) is 54.7 Å². The van der Waals surface area contributed by atoms with Crippen molar-refractivity contribution in [3.05, 3.63) is 82.1 Å². The van der Waals surface area contributed by atoms with Gasteiger partial charge in [-0.15, -0.1) is 0 Å². The van der Waals surface area contributed by atoms with Crippen molar-refractivity contribution in [3.63, 3.8) is 0 Å². The SMILES string of the molecule is C[C@@H](COc1ccnc2c1[C@H](C)CCC2)C[C@H]1Cc2ccc(OCCN3CCOCC3)cc2C12CCC(Nc1cccc(Cl)c1)(C(=O)O)CC2. The van der Waals surface area contributed by atoms with Gasteiger partial charge in [0, 0.05) is 47.8 Å². The number of carboxylic acids is 1. The molecular formula is C41H52ClN3O5. The molecular weight excluding hydrogens is 650 g/mol. The van der Waals surface area contributed by atoms with Gasteiger partial charge in [0.15, 0.2) is 0 Å². The average Bonchev–Trinajstić information content (AvgIpc) is 3.40. The number of pyridine rings is 1. The largest absolute Gasteiger partial charge is 0.493 e. The quantitative estimate of drug-likeness (QED) is 0.197. The topological polar surface area (TPSA) is 93.2 Å². The van der Waals surface area contributed by atoms with Gasteiger partial charge in [-0.25, -0.2) is 4.79 Å². The number of carboxylic acid groups (broad SMARTS) is 1. The number of fused-ring (bicyclic) bond motifs is 3. The van der Waals surface area contributed by atoms with Gasteiger partial charge in [0.1, 0.15) is 23.6 Å². The van der Waals surface area contributed by atoms with Gasteiger partial charge in [0.05, 0.1) is 19.8 Å². The van der Waals surface area contributed by atoms with E-state index in [1.807, 2.05) is 36.5 Å². The van der Waals surface area contributed by atoms with Crippen LogP contribution in [0, 0.1) is 11.8 Å². The van der Waals surface area contributed by atoms with Crippen molar-refractivity contribution >= 4 is 23.3 Å². The first-order valence-corrected chi connectivity index (χ1v) is 19.1. The van der Waals surface area contributed by atoms with Crippen LogP contribution in [0.5, 0.6) is 11.5 Å². The Morgan fingerprint density at radius 1 is 1.12 bits per heavy atom.